The number of anilines is 2. The van der Waals surface area contributed by atoms with Crippen molar-refractivity contribution in [1.29, 1.82) is 0 Å². The maximum Gasteiger partial charge on any atom is 0.188 e. The molecule has 0 saturated carbocycles. The molecule has 0 N–H and O–H groups in total. The molecule has 0 atom stereocenters. The smallest absolute Gasteiger partial charge is 0.188 e. The highest BCUT2D eigenvalue weighted by Gasteiger charge is 2.24. The molecule has 12 heteroatoms. The topological polar surface area (TPSA) is 113 Å². The predicted octanol–water partition coefficient (Wildman–Crippen LogP) is 3.34. The SMILES string of the molecule is COc1cc(OC)c(F)c(N(CC(=O)c2cnn(C)c2)c2ccc3ncc(-c4cnn(C)c4)nc3n2)c1. The molecule has 0 aliphatic rings. The van der Waals surface area contributed by atoms with Gasteiger partial charge in [0.2, 0.25) is 0 Å². The van der Waals surface area contributed by atoms with Gasteiger partial charge in [0, 0.05) is 44.2 Å². The number of aryl methyl sites for hydroxylation is 2. The summed E-state index contributed by atoms with van der Waals surface area (Å²) in [6, 6.07) is 6.29. The van der Waals surface area contributed by atoms with Crippen LogP contribution in [0.25, 0.3) is 22.4 Å². The molecule has 0 fully saturated rings. The summed E-state index contributed by atoms with van der Waals surface area (Å²) in [7, 11) is 6.34. The lowest BCUT2D eigenvalue weighted by Crippen LogP contribution is -2.27. The average Bonchev–Trinajstić information content (AvgIpc) is 3.55. The lowest BCUT2D eigenvalue weighted by molar-refractivity contribution is 0.100. The molecule has 0 spiro atoms. The van der Waals surface area contributed by atoms with Crippen molar-refractivity contribution in [2.24, 2.45) is 14.1 Å². The van der Waals surface area contributed by atoms with Gasteiger partial charge in [-0.1, -0.05) is 0 Å². The van der Waals surface area contributed by atoms with E-state index in [0.717, 1.165) is 5.56 Å². The molecule has 0 aliphatic carbocycles. The molecule has 1 aromatic carbocycles. The van der Waals surface area contributed by atoms with Gasteiger partial charge in [0.15, 0.2) is 23.0 Å². The van der Waals surface area contributed by atoms with Crippen LogP contribution in [0, 0.1) is 5.82 Å². The van der Waals surface area contributed by atoms with Crippen molar-refractivity contribution >= 4 is 28.5 Å². The normalized spacial score (nSPS) is 11.1. The summed E-state index contributed by atoms with van der Waals surface area (Å²) in [5, 5.41) is 8.24. The first-order valence-corrected chi connectivity index (χ1v) is 11.2. The Bertz CT molecular complexity index is 1610. The zero-order valence-electron chi connectivity index (χ0n) is 20.6. The fraction of sp³-hybridized carbons (Fsp3) is 0.200. The lowest BCUT2D eigenvalue weighted by atomic mass is 10.1. The second-order valence-electron chi connectivity index (χ2n) is 8.24. The summed E-state index contributed by atoms with van der Waals surface area (Å²) in [5.74, 6) is -0.346. The van der Waals surface area contributed by atoms with Crippen LogP contribution in [0.3, 0.4) is 0 Å². The summed E-state index contributed by atoms with van der Waals surface area (Å²) in [6.07, 6.45) is 8.19. The van der Waals surface area contributed by atoms with Crippen molar-refractivity contribution in [2.45, 2.75) is 0 Å². The van der Waals surface area contributed by atoms with Gasteiger partial charge >= 0.3 is 0 Å². The number of pyridine rings is 1. The third kappa shape index (κ3) is 4.68. The molecule has 0 bridgehead atoms. The Labute approximate surface area is 211 Å². The Morgan fingerprint density at radius 3 is 2.46 bits per heavy atom. The zero-order valence-corrected chi connectivity index (χ0v) is 20.6. The van der Waals surface area contributed by atoms with Crippen LogP contribution < -0.4 is 14.4 Å². The van der Waals surface area contributed by atoms with E-state index in [1.165, 1.54) is 42.1 Å². The molecule has 4 heterocycles. The molecule has 4 aromatic heterocycles. The van der Waals surface area contributed by atoms with Crippen LogP contribution in [0.15, 0.2) is 55.2 Å². The number of ether oxygens (including phenoxy) is 2. The number of benzene rings is 1. The van der Waals surface area contributed by atoms with E-state index in [1.54, 1.807) is 42.5 Å². The summed E-state index contributed by atoms with van der Waals surface area (Å²) < 4.78 is 29.3. The van der Waals surface area contributed by atoms with Gasteiger partial charge in [-0.05, 0) is 12.1 Å². The Morgan fingerprint density at radius 2 is 1.78 bits per heavy atom. The standard InChI is InChI=1S/C25H23FN8O3/c1-32-12-15(9-28-32)19-11-27-18-5-6-23(31-25(18)30-19)34(14-21(35)16-10-29-33(2)13-16)20-7-17(36-3)8-22(37-4)24(20)26/h5-13H,14H2,1-4H3. The van der Waals surface area contributed by atoms with Crippen LogP contribution in [0.5, 0.6) is 11.5 Å². The van der Waals surface area contributed by atoms with Crippen LogP contribution in [0.1, 0.15) is 10.4 Å². The summed E-state index contributed by atoms with van der Waals surface area (Å²) in [4.78, 5) is 28.4. The molecular formula is C25H23FN8O3. The zero-order chi connectivity index (χ0) is 26.1. The van der Waals surface area contributed by atoms with Crippen molar-refractivity contribution in [3.63, 3.8) is 0 Å². The van der Waals surface area contributed by atoms with E-state index < -0.39 is 5.82 Å². The highest BCUT2D eigenvalue weighted by atomic mass is 19.1. The molecule has 0 amide bonds. The van der Waals surface area contributed by atoms with Gasteiger partial charge in [0.05, 0.1) is 56.3 Å². The number of fused-ring (bicyclic) bond motifs is 1. The number of rotatable bonds is 8. The molecule has 5 aromatic rings. The Morgan fingerprint density at radius 1 is 1.00 bits per heavy atom. The third-order valence-electron chi connectivity index (χ3n) is 5.74. The second-order valence-corrected chi connectivity index (χ2v) is 8.24. The first-order valence-electron chi connectivity index (χ1n) is 11.2. The number of Topliss-reactive ketones (excluding diaryl/α,β-unsaturated/α-hetero) is 1. The van der Waals surface area contributed by atoms with Gasteiger partial charge in [-0.25, -0.2) is 14.4 Å². The molecule has 0 unspecified atom stereocenters. The van der Waals surface area contributed by atoms with Gasteiger partial charge in [0.25, 0.3) is 0 Å². The maximum absolute atomic E-state index is 15.6. The number of carbonyl (C=O) groups excluding carboxylic acids is 1. The fourth-order valence-electron chi connectivity index (χ4n) is 3.84. The van der Waals surface area contributed by atoms with Gasteiger partial charge in [-0.3, -0.25) is 19.1 Å². The summed E-state index contributed by atoms with van der Waals surface area (Å²) in [5.41, 5.74) is 2.65. The molecule has 11 nitrogen and oxygen atoms in total. The quantitative estimate of drug-likeness (QED) is 0.295. The van der Waals surface area contributed by atoms with E-state index in [4.69, 9.17) is 9.47 Å². The summed E-state index contributed by atoms with van der Waals surface area (Å²) in [6.45, 7) is -0.229. The second kappa shape index (κ2) is 9.64. The number of hydrogen-bond donors (Lipinski definition) is 0. The van der Waals surface area contributed by atoms with Gasteiger partial charge in [-0.15, -0.1) is 0 Å². The van der Waals surface area contributed by atoms with Crippen molar-refractivity contribution in [2.75, 3.05) is 25.7 Å². The largest absolute Gasteiger partial charge is 0.497 e. The lowest BCUT2D eigenvalue weighted by Gasteiger charge is -2.25. The van der Waals surface area contributed by atoms with Crippen molar-refractivity contribution in [1.82, 2.24) is 34.5 Å². The van der Waals surface area contributed by atoms with Crippen LogP contribution >= 0.6 is 0 Å². The van der Waals surface area contributed by atoms with E-state index in [1.807, 2.05) is 13.2 Å². The van der Waals surface area contributed by atoms with E-state index >= 15 is 4.39 Å². The number of aromatic nitrogens is 7. The highest BCUT2D eigenvalue weighted by molar-refractivity contribution is 6.00. The van der Waals surface area contributed by atoms with Crippen LogP contribution in [0.2, 0.25) is 0 Å². The highest BCUT2D eigenvalue weighted by Crippen LogP contribution is 2.36. The predicted molar refractivity (Wildman–Crippen MR) is 134 cm³/mol. The number of carbonyl (C=O) groups is 1. The number of nitrogens with zero attached hydrogens (tertiary/aromatic N) is 8. The van der Waals surface area contributed by atoms with E-state index in [-0.39, 0.29) is 29.6 Å². The molecule has 0 saturated heterocycles. The average molecular weight is 503 g/mol. The maximum atomic E-state index is 15.6. The van der Waals surface area contributed by atoms with Crippen LogP contribution in [-0.2, 0) is 14.1 Å². The monoisotopic (exact) mass is 502 g/mol. The number of hydrogen-bond acceptors (Lipinski definition) is 9. The number of methoxy groups -OCH3 is 2. The Kier molecular flexibility index (Phi) is 6.22. The first-order chi connectivity index (χ1) is 17.9. The third-order valence-corrected chi connectivity index (χ3v) is 5.74. The van der Waals surface area contributed by atoms with E-state index in [0.29, 0.717) is 28.2 Å². The van der Waals surface area contributed by atoms with Gasteiger partial charge in [0.1, 0.15) is 17.1 Å². The van der Waals surface area contributed by atoms with Crippen LogP contribution in [0.4, 0.5) is 15.9 Å². The fourth-order valence-corrected chi connectivity index (χ4v) is 3.84. The van der Waals surface area contributed by atoms with Gasteiger partial charge < -0.3 is 14.4 Å². The molecular weight excluding hydrogens is 479 g/mol. The number of ketones is 1. The minimum absolute atomic E-state index is 0.0346. The minimum atomic E-state index is -0.667. The molecule has 0 aliphatic heterocycles. The minimum Gasteiger partial charge on any atom is -0.497 e. The first kappa shape index (κ1) is 23.9. The van der Waals surface area contributed by atoms with E-state index in [9.17, 15) is 4.79 Å². The van der Waals surface area contributed by atoms with Crippen molar-refractivity contribution in [3.05, 3.63) is 66.6 Å². The summed E-state index contributed by atoms with van der Waals surface area (Å²) >= 11 is 0. The van der Waals surface area contributed by atoms with Gasteiger partial charge in [-0.2, -0.15) is 10.2 Å². The van der Waals surface area contributed by atoms with E-state index in [2.05, 4.69) is 25.1 Å². The Balaban J connectivity index is 1.64. The molecule has 37 heavy (non-hydrogen) atoms. The van der Waals surface area contributed by atoms with Crippen molar-refractivity contribution in [3.8, 4) is 22.8 Å². The Hall–Kier alpha value is -4.87. The molecule has 0 radical (unpaired) electrons. The number of halogens is 1. The molecule has 5 rings (SSSR count). The van der Waals surface area contributed by atoms with Crippen LogP contribution in [-0.4, -0.2) is 61.1 Å². The van der Waals surface area contributed by atoms with Crippen molar-refractivity contribution < 1.29 is 18.7 Å². The molecule has 188 valence electrons.